The van der Waals surface area contributed by atoms with Gasteiger partial charge in [0.2, 0.25) is 0 Å². The minimum atomic E-state index is -0.929. The lowest BCUT2D eigenvalue weighted by Gasteiger charge is -2.42. The molecule has 0 spiro atoms. The Balaban J connectivity index is 1.98. The molecule has 1 N–H and O–H groups in total. The molecule has 0 aliphatic carbocycles. The van der Waals surface area contributed by atoms with E-state index < -0.39 is 5.97 Å². The maximum atomic E-state index is 11.3. The van der Waals surface area contributed by atoms with Gasteiger partial charge < -0.3 is 10.0 Å². The van der Waals surface area contributed by atoms with Crippen molar-refractivity contribution in [3.05, 3.63) is 64.7 Å². The third-order valence-electron chi connectivity index (χ3n) is 5.21. The summed E-state index contributed by atoms with van der Waals surface area (Å²) in [6.07, 6.45) is 4.11. The van der Waals surface area contributed by atoms with Crippen LogP contribution in [0.5, 0.6) is 0 Å². The maximum absolute atomic E-state index is 11.3. The number of anilines is 1. The van der Waals surface area contributed by atoms with Crippen LogP contribution in [0.15, 0.2) is 47.5 Å². The molecular formula is C23H26N2O2. The highest BCUT2D eigenvalue weighted by atomic mass is 16.4. The van der Waals surface area contributed by atoms with Crippen LogP contribution < -0.4 is 4.90 Å². The Bertz CT molecular complexity index is 955. The largest absolute Gasteiger partial charge is 0.478 e. The number of carboxylic acid groups (broad SMARTS) is 1. The molecule has 4 heteroatoms. The highest BCUT2D eigenvalue weighted by molar-refractivity contribution is 5.92. The molecule has 1 aliphatic heterocycles. The average Bonchev–Trinajstić information content (AvgIpc) is 2.60. The van der Waals surface area contributed by atoms with E-state index >= 15 is 0 Å². The Morgan fingerprint density at radius 1 is 1.22 bits per heavy atom. The molecule has 0 saturated heterocycles. The van der Waals surface area contributed by atoms with Gasteiger partial charge in [0, 0.05) is 24.0 Å². The number of aliphatic imine (C=N–C) groups is 1. The van der Waals surface area contributed by atoms with Gasteiger partial charge in [0.05, 0.1) is 16.8 Å². The molecule has 0 bridgehead atoms. The molecule has 0 fully saturated rings. The number of allylic oxidation sites excluding steroid dienone is 1. The van der Waals surface area contributed by atoms with Gasteiger partial charge in [-0.15, -0.1) is 0 Å². The molecule has 0 atom stereocenters. The lowest BCUT2D eigenvalue weighted by Crippen LogP contribution is -2.44. The van der Waals surface area contributed by atoms with E-state index in [1.807, 2.05) is 6.07 Å². The molecule has 2 aromatic rings. The zero-order chi connectivity index (χ0) is 19.8. The zero-order valence-corrected chi connectivity index (χ0v) is 16.6. The molecule has 0 aromatic heterocycles. The third kappa shape index (κ3) is 3.52. The SMILES string of the molecule is CCN1c2ccc(C=Nc3cccc(C(=O)O)c3C)cc2C(C)=CC1(C)C. The van der Waals surface area contributed by atoms with E-state index in [9.17, 15) is 9.90 Å². The molecule has 3 rings (SSSR count). The summed E-state index contributed by atoms with van der Waals surface area (Å²) in [5.74, 6) is -0.929. The Hall–Kier alpha value is -2.88. The molecule has 140 valence electrons. The second kappa shape index (κ2) is 7.03. The summed E-state index contributed by atoms with van der Waals surface area (Å²) in [5.41, 5.74) is 6.35. The van der Waals surface area contributed by atoms with Crippen LogP contribution in [0.4, 0.5) is 11.4 Å². The number of hydrogen-bond acceptors (Lipinski definition) is 3. The van der Waals surface area contributed by atoms with E-state index in [0.29, 0.717) is 11.3 Å². The number of hydrogen-bond donors (Lipinski definition) is 1. The fraction of sp³-hybridized carbons (Fsp3) is 0.304. The Labute approximate surface area is 160 Å². The van der Waals surface area contributed by atoms with Crippen molar-refractivity contribution in [3.8, 4) is 0 Å². The topological polar surface area (TPSA) is 52.9 Å². The predicted molar refractivity (Wildman–Crippen MR) is 113 cm³/mol. The van der Waals surface area contributed by atoms with Gasteiger partial charge in [0.15, 0.2) is 0 Å². The van der Waals surface area contributed by atoms with Crippen molar-refractivity contribution in [2.75, 3.05) is 11.4 Å². The first-order valence-corrected chi connectivity index (χ1v) is 9.23. The predicted octanol–water partition coefficient (Wildman–Crippen LogP) is 5.47. The van der Waals surface area contributed by atoms with E-state index in [4.69, 9.17) is 0 Å². The number of likely N-dealkylation sites (N-methyl/N-ethyl adjacent to an activating group) is 1. The Kier molecular flexibility index (Phi) is 4.92. The molecule has 0 amide bonds. The lowest BCUT2D eigenvalue weighted by molar-refractivity contribution is 0.0696. The van der Waals surface area contributed by atoms with Crippen molar-refractivity contribution in [1.29, 1.82) is 0 Å². The van der Waals surface area contributed by atoms with Crippen molar-refractivity contribution in [1.82, 2.24) is 0 Å². The van der Waals surface area contributed by atoms with Crippen LogP contribution in [-0.4, -0.2) is 29.4 Å². The fourth-order valence-corrected chi connectivity index (χ4v) is 3.90. The first-order chi connectivity index (χ1) is 12.7. The van der Waals surface area contributed by atoms with Gasteiger partial charge in [-0.3, -0.25) is 4.99 Å². The highest BCUT2D eigenvalue weighted by Crippen LogP contribution is 2.38. The second-order valence-corrected chi connectivity index (χ2v) is 7.51. The minimum absolute atomic E-state index is 0.00414. The summed E-state index contributed by atoms with van der Waals surface area (Å²) in [6, 6.07) is 11.5. The third-order valence-corrected chi connectivity index (χ3v) is 5.21. The number of nitrogens with zero attached hydrogens (tertiary/aromatic N) is 2. The number of aromatic carboxylic acids is 1. The average molecular weight is 362 g/mol. The van der Waals surface area contributed by atoms with Gasteiger partial charge in [0.1, 0.15) is 0 Å². The summed E-state index contributed by atoms with van der Waals surface area (Å²) in [7, 11) is 0. The first-order valence-electron chi connectivity index (χ1n) is 9.23. The molecule has 2 aromatic carbocycles. The van der Waals surface area contributed by atoms with Crippen LogP contribution in [0, 0.1) is 6.92 Å². The van der Waals surface area contributed by atoms with Crippen molar-refractivity contribution in [2.24, 2.45) is 4.99 Å². The standard InChI is InChI=1S/C23H26N2O2/c1-6-25-21-11-10-17(12-19(21)15(2)13-23(25,4)5)14-24-20-9-7-8-18(16(20)3)22(26)27/h7-14H,6H2,1-5H3,(H,26,27). The summed E-state index contributed by atoms with van der Waals surface area (Å²) in [6.45, 7) is 11.5. The second-order valence-electron chi connectivity index (χ2n) is 7.51. The molecule has 0 saturated carbocycles. The highest BCUT2D eigenvalue weighted by Gasteiger charge is 2.29. The monoisotopic (exact) mass is 362 g/mol. The quantitative estimate of drug-likeness (QED) is 0.734. The molecule has 0 radical (unpaired) electrons. The van der Waals surface area contributed by atoms with Crippen molar-refractivity contribution >= 4 is 29.1 Å². The van der Waals surface area contributed by atoms with Crippen LogP contribution in [0.25, 0.3) is 5.57 Å². The maximum Gasteiger partial charge on any atom is 0.336 e. The van der Waals surface area contributed by atoms with Crippen molar-refractivity contribution in [3.63, 3.8) is 0 Å². The smallest absolute Gasteiger partial charge is 0.336 e. The van der Waals surface area contributed by atoms with Crippen molar-refractivity contribution in [2.45, 2.75) is 40.2 Å². The van der Waals surface area contributed by atoms with E-state index in [1.54, 1.807) is 25.3 Å². The van der Waals surface area contributed by atoms with Crippen LogP contribution in [0.1, 0.15) is 54.7 Å². The number of fused-ring (bicyclic) bond motifs is 1. The number of benzene rings is 2. The number of rotatable bonds is 4. The molecule has 1 heterocycles. The first kappa shape index (κ1) is 18.9. The zero-order valence-electron chi connectivity index (χ0n) is 16.6. The molecule has 0 unspecified atom stereocenters. The van der Waals surface area contributed by atoms with E-state index in [0.717, 1.165) is 12.1 Å². The Morgan fingerprint density at radius 3 is 2.63 bits per heavy atom. The van der Waals surface area contributed by atoms with Gasteiger partial charge in [-0.1, -0.05) is 18.2 Å². The molecule has 27 heavy (non-hydrogen) atoms. The number of carboxylic acids is 1. The normalized spacial score (nSPS) is 15.6. The summed E-state index contributed by atoms with van der Waals surface area (Å²) in [5, 5.41) is 9.26. The fourth-order valence-electron chi connectivity index (χ4n) is 3.90. The van der Waals surface area contributed by atoms with Crippen LogP contribution >= 0.6 is 0 Å². The molecule has 4 nitrogen and oxygen atoms in total. The van der Waals surface area contributed by atoms with Gasteiger partial charge >= 0.3 is 5.97 Å². The summed E-state index contributed by atoms with van der Waals surface area (Å²) in [4.78, 5) is 18.2. The van der Waals surface area contributed by atoms with Crippen LogP contribution in [-0.2, 0) is 0 Å². The number of carbonyl (C=O) groups is 1. The van der Waals surface area contributed by atoms with Gasteiger partial charge in [0.25, 0.3) is 0 Å². The van der Waals surface area contributed by atoms with Crippen molar-refractivity contribution < 1.29 is 9.90 Å². The van der Waals surface area contributed by atoms with E-state index in [1.165, 1.54) is 16.8 Å². The molecular weight excluding hydrogens is 336 g/mol. The van der Waals surface area contributed by atoms with Gasteiger partial charge in [-0.05, 0) is 75.6 Å². The minimum Gasteiger partial charge on any atom is -0.478 e. The molecule has 1 aliphatic rings. The van der Waals surface area contributed by atoms with Crippen LogP contribution in [0.3, 0.4) is 0 Å². The van der Waals surface area contributed by atoms with Gasteiger partial charge in [-0.25, -0.2) is 4.79 Å². The van der Waals surface area contributed by atoms with E-state index in [2.05, 4.69) is 61.9 Å². The van der Waals surface area contributed by atoms with Gasteiger partial charge in [-0.2, -0.15) is 0 Å². The summed E-state index contributed by atoms with van der Waals surface area (Å²) < 4.78 is 0. The lowest BCUT2D eigenvalue weighted by atomic mass is 9.88. The Morgan fingerprint density at radius 2 is 1.96 bits per heavy atom. The van der Waals surface area contributed by atoms with Crippen LogP contribution in [0.2, 0.25) is 0 Å². The summed E-state index contributed by atoms with van der Waals surface area (Å²) >= 11 is 0. The van der Waals surface area contributed by atoms with E-state index in [-0.39, 0.29) is 11.1 Å².